The normalized spacial score (nSPS) is 49.1. The van der Waals surface area contributed by atoms with Gasteiger partial charge in [-0.05, 0) is 42.9 Å². The lowest BCUT2D eigenvalue weighted by atomic mass is 9.78. The van der Waals surface area contributed by atoms with Crippen molar-refractivity contribution in [3.63, 3.8) is 0 Å². The van der Waals surface area contributed by atoms with Crippen molar-refractivity contribution in [2.24, 2.45) is 29.4 Å². The highest BCUT2D eigenvalue weighted by Crippen LogP contribution is 2.50. The first-order valence-corrected chi connectivity index (χ1v) is 4.95. The van der Waals surface area contributed by atoms with Crippen LogP contribution in [0.3, 0.4) is 0 Å². The van der Waals surface area contributed by atoms with E-state index in [4.69, 9.17) is 5.73 Å². The van der Waals surface area contributed by atoms with E-state index in [0.29, 0.717) is 6.04 Å². The minimum absolute atomic E-state index is 0.536. The van der Waals surface area contributed by atoms with Crippen molar-refractivity contribution >= 4 is 0 Å². The van der Waals surface area contributed by atoms with Crippen LogP contribution in [0.2, 0.25) is 0 Å². The Hall–Kier alpha value is -0.0400. The first kappa shape index (κ1) is 7.60. The molecule has 0 aromatic rings. The van der Waals surface area contributed by atoms with Crippen LogP contribution < -0.4 is 5.73 Å². The third-order valence-electron chi connectivity index (χ3n) is 3.82. The van der Waals surface area contributed by atoms with E-state index in [1.165, 1.54) is 19.3 Å². The van der Waals surface area contributed by atoms with Crippen LogP contribution in [0.5, 0.6) is 0 Å². The number of nitrogens with two attached hydrogens (primary N) is 1. The molecular weight excluding hydrogens is 134 g/mol. The minimum Gasteiger partial charge on any atom is -0.327 e. The molecule has 2 rings (SSSR count). The van der Waals surface area contributed by atoms with Crippen LogP contribution in [0.1, 0.15) is 33.1 Å². The summed E-state index contributed by atoms with van der Waals surface area (Å²) in [6, 6.07) is 0.536. The van der Waals surface area contributed by atoms with Crippen molar-refractivity contribution in [3.8, 4) is 0 Å². The summed E-state index contributed by atoms with van der Waals surface area (Å²) < 4.78 is 0. The molecular formula is C10H19N. The van der Waals surface area contributed by atoms with Gasteiger partial charge in [-0.1, -0.05) is 13.8 Å². The SMILES string of the molecule is CC(C)C1[C@H]2CC[C@H](C2)[C@H]1N. The Morgan fingerprint density at radius 2 is 1.82 bits per heavy atom. The maximum Gasteiger partial charge on any atom is 0.0101 e. The molecule has 11 heavy (non-hydrogen) atoms. The fraction of sp³-hybridized carbons (Fsp3) is 1.00. The molecule has 2 N–H and O–H groups in total. The Morgan fingerprint density at radius 3 is 2.18 bits per heavy atom. The monoisotopic (exact) mass is 153 g/mol. The summed E-state index contributed by atoms with van der Waals surface area (Å²) in [5, 5.41) is 0. The standard InChI is InChI=1S/C10H19N/c1-6(2)9-7-3-4-8(5-7)10(9)11/h6-10H,3-5,11H2,1-2H3/t7-,8+,9?,10+/m0/s1. The molecule has 2 fully saturated rings. The highest BCUT2D eigenvalue weighted by atomic mass is 14.7. The van der Waals surface area contributed by atoms with E-state index in [9.17, 15) is 0 Å². The largest absolute Gasteiger partial charge is 0.327 e. The summed E-state index contributed by atoms with van der Waals surface area (Å²) >= 11 is 0. The smallest absolute Gasteiger partial charge is 0.0101 e. The van der Waals surface area contributed by atoms with Crippen molar-refractivity contribution in [1.82, 2.24) is 0 Å². The van der Waals surface area contributed by atoms with Crippen LogP contribution in [0.15, 0.2) is 0 Å². The zero-order chi connectivity index (χ0) is 8.01. The predicted molar refractivity (Wildman–Crippen MR) is 47.1 cm³/mol. The molecule has 2 aliphatic carbocycles. The Kier molecular flexibility index (Phi) is 1.71. The van der Waals surface area contributed by atoms with Gasteiger partial charge in [0.25, 0.3) is 0 Å². The zero-order valence-electron chi connectivity index (χ0n) is 7.59. The summed E-state index contributed by atoms with van der Waals surface area (Å²) in [6.07, 6.45) is 4.31. The highest BCUT2D eigenvalue weighted by molar-refractivity contribution is 4.99. The summed E-state index contributed by atoms with van der Waals surface area (Å²) in [4.78, 5) is 0. The second kappa shape index (κ2) is 2.48. The zero-order valence-corrected chi connectivity index (χ0v) is 7.59. The van der Waals surface area contributed by atoms with Gasteiger partial charge in [0.2, 0.25) is 0 Å². The molecule has 1 heteroatoms. The summed E-state index contributed by atoms with van der Waals surface area (Å²) in [7, 11) is 0. The Morgan fingerprint density at radius 1 is 1.18 bits per heavy atom. The topological polar surface area (TPSA) is 26.0 Å². The fourth-order valence-electron chi connectivity index (χ4n) is 3.37. The molecule has 64 valence electrons. The van der Waals surface area contributed by atoms with Gasteiger partial charge in [0, 0.05) is 6.04 Å². The Labute approximate surface area is 69.4 Å². The molecule has 0 saturated heterocycles. The Balaban J connectivity index is 2.11. The molecule has 2 saturated carbocycles. The van der Waals surface area contributed by atoms with E-state index in [0.717, 1.165) is 23.7 Å². The van der Waals surface area contributed by atoms with E-state index < -0.39 is 0 Å². The summed E-state index contributed by atoms with van der Waals surface area (Å²) in [6.45, 7) is 4.65. The molecule has 0 aromatic heterocycles. The van der Waals surface area contributed by atoms with Crippen LogP contribution in [0.4, 0.5) is 0 Å². The Bertz CT molecular complexity index is 151. The molecule has 0 heterocycles. The lowest BCUT2D eigenvalue weighted by molar-refractivity contribution is 0.222. The first-order chi connectivity index (χ1) is 5.20. The van der Waals surface area contributed by atoms with Crippen LogP contribution in [-0.4, -0.2) is 6.04 Å². The molecule has 0 amide bonds. The van der Waals surface area contributed by atoms with Gasteiger partial charge in [-0.3, -0.25) is 0 Å². The van der Waals surface area contributed by atoms with Crippen LogP contribution >= 0.6 is 0 Å². The third-order valence-corrected chi connectivity index (χ3v) is 3.82. The van der Waals surface area contributed by atoms with E-state index in [2.05, 4.69) is 13.8 Å². The molecule has 0 aliphatic heterocycles. The molecule has 0 spiro atoms. The van der Waals surface area contributed by atoms with Gasteiger partial charge in [-0.25, -0.2) is 0 Å². The maximum atomic E-state index is 6.17. The number of hydrogen-bond donors (Lipinski definition) is 1. The predicted octanol–water partition coefficient (Wildman–Crippen LogP) is 2.02. The van der Waals surface area contributed by atoms with Crippen molar-refractivity contribution in [3.05, 3.63) is 0 Å². The van der Waals surface area contributed by atoms with E-state index >= 15 is 0 Å². The molecule has 2 bridgehead atoms. The fourth-order valence-corrected chi connectivity index (χ4v) is 3.37. The van der Waals surface area contributed by atoms with E-state index in [1.807, 2.05) is 0 Å². The first-order valence-electron chi connectivity index (χ1n) is 4.95. The van der Waals surface area contributed by atoms with Crippen molar-refractivity contribution < 1.29 is 0 Å². The van der Waals surface area contributed by atoms with Gasteiger partial charge in [0.1, 0.15) is 0 Å². The molecule has 1 unspecified atom stereocenters. The van der Waals surface area contributed by atoms with Crippen molar-refractivity contribution in [2.75, 3.05) is 0 Å². The van der Waals surface area contributed by atoms with E-state index in [-0.39, 0.29) is 0 Å². The quantitative estimate of drug-likeness (QED) is 0.612. The lowest BCUT2D eigenvalue weighted by Crippen LogP contribution is -2.38. The molecule has 1 nitrogen and oxygen atoms in total. The van der Waals surface area contributed by atoms with Gasteiger partial charge >= 0.3 is 0 Å². The number of rotatable bonds is 1. The summed E-state index contributed by atoms with van der Waals surface area (Å²) in [5.41, 5.74) is 6.17. The van der Waals surface area contributed by atoms with Crippen LogP contribution in [0.25, 0.3) is 0 Å². The van der Waals surface area contributed by atoms with Gasteiger partial charge in [0.15, 0.2) is 0 Å². The van der Waals surface area contributed by atoms with Crippen LogP contribution in [0, 0.1) is 23.7 Å². The average Bonchev–Trinajstić information content (AvgIpc) is 2.44. The van der Waals surface area contributed by atoms with Gasteiger partial charge < -0.3 is 5.73 Å². The van der Waals surface area contributed by atoms with Gasteiger partial charge in [-0.15, -0.1) is 0 Å². The number of fused-ring (bicyclic) bond motifs is 2. The third kappa shape index (κ3) is 1.01. The second-order valence-corrected chi connectivity index (χ2v) is 4.73. The summed E-state index contributed by atoms with van der Waals surface area (Å²) in [5.74, 6) is 3.51. The highest BCUT2D eigenvalue weighted by Gasteiger charge is 2.46. The van der Waals surface area contributed by atoms with Gasteiger partial charge in [-0.2, -0.15) is 0 Å². The van der Waals surface area contributed by atoms with E-state index in [1.54, 1.807) is 0 Å². The minimum atomic E-state index is 0.536. The average molecular weight is 153 g/mol. The molecule has 4 atom stereocenters. The molecule has 2 aliphatic rings. The van der Waals surface area contributed by atoms with Gasteiger partial charge in [0.05, 0.1) is 0 Å². The molecule has 0 aromatic carbocycles. The van der Waals surface area contributed by atoms with Crippen molar-refractivity contribution in [2.45, 2.75) is 39.2 Å². The second-order valence-electron chi connectivity index (χ2n) is 4.73. The van der Waals surface area contributed by atoms with Crippen molar-refractivity contribution in [1.29, 1.82) is 0 Å². The van der Waals surface area contributed by atoms with Crippen LogP contribution in [-0.2, 0) is 0 Å². The maximum absolute atomic E-state index is 6.17. The molecule has 0 radical (unpaired) electrons. The number of hydrogen-bond acceptors (Lipinski definition) is 1. The lowest BCUT2D eigenvalue weighted by Gasteiger charge is -2.31.